The standard InChI is InChI=1S/C9H8Cl2F2O/c1-9(14,8(10)11)6-3-2-5(12)4-7(6)13/h2-4,8,14H,1H3. The van der Waals surface area contributed by atoms with Crippen molar-refractivity contribution in [2.75, 3.05) is 0 Å². The highest BCUT2D eigenvalue weighted by atomic mass is 35.5. The maximum Gasteiger partial charge on any atom is 0.140 e. The fourth-order valence-electron chi connectivity index (χ4n) is 1.02. The molecule has 1 aromatic rings. The second kappa shape index (κ2) is 4.01. The molecule has 0 aliphatic carbocycles. The Bertz CT molecular complexity index is 340. The third-order valence-corrected chi connectivity index (χ3v) is 2.75. The minimum absolute atomic E-state index is 0.131. The zero-order valence-electron chi connectivity index (χ0n) is 7.27. The monoisotopic (exact) mass is 240 g/mol. The minimum Gasteiger partial charge on any atom is -0.382 e. The van der Waals surface area contributed by atoms with Crippen LogP contribution >= 0.6 is 23.2 Å². The molecule has 0 saturated heterocycles. The third kappa shape index (κ3) is 2.16. The number of halogens is 4. The van der Waals surface area contributed by atoms with E-state index < -0.39 is 22.1 Å². The summed E-state index contributed by atoms with van der Waals surface area (Å²) in [5.74, 6) is -1.59. The average molecular weight is 241 g/mol. The lowest BCUT2D eigenvalue weighted by Crippen LogP contribution is -2.30. The van der Waals surface area contributed by atoms with Gasteiger partial charge in [-0.15, -0.1) is 23.2 Å². The molecule has 78 valence electrons. The molecule has 0 fully saturated rings. The summed E-state index contributed by atoms with van der Waals surface area (Å²) in [6.07, 6.45) is 0. The van der Waals surface area contributed by atoms with Crippen LogP contribution in [-0.4, -0.2) is 9.94 Å². The number of benzene rings is 1. The van der Waals surface area contributed by atoms with E-state index in [0.29, 0.717) is 6.07 Å². The van der Waals surface area contributed by atoms with Gasteiger partial charge in [0, 0.05) is 11.6 Å². The van der Waals surface area contributed by atoms with Crippen LogP contribution in [0.5, 0.6) is 0 Å². The predicted molar refractivity (Wildman–Crippen MR) is 51.4 cm³/mol. The lowest BCUT2D eigenvalue weighted by molar-refractivity contribution is 0.0680. The molecule has 1 atom stereocenters. The van der Waals surface area contributed by atoms with Gasteiger partial charge in [0.1, 0.15) is 22.1 Å². The molecule has 0 bridgehead atoms. The Morgan fingerprint density at radius 1 is 1.36 bits per heavy atom. The Labute approximate surface area is 90.3 Å². The first-order valence-electron chi connectivity index (χ1n) is 3.81. The maximum atomic E-state index is 13.2. The van der Waals surface area contributed by atoms with Crippen LogP contribution in [0.3, 0.4) is 0 Å². The van der Waals surface area contributed by atoms with Crippen molar-refractivity contribution in [3.63, 3.8) is 0 Å². The normalized spacial score (nSPS) is 15.6. The van der Waals surface area contributed by atoms with Crippen LogP contribution in [0.25, 0.3) is 0 Å². The van der Waals surface area contributed by atoms with E-state index in [1.807, 2.05) is 0 Å². The molecule has 0 saturated carbocycles. The summed E-state index contributed by atoms with van der Waals surface area (Å²) in [5.41, 5.74) is -1.87. The van der Waals surface area contributed by atoms with Crippen molar-refractivity contribution in [1.29, 1.82) is 0 Å². The van der Waals surface area contributed by atoms with Gasteiger partial charge in [-0.3, -0.25) is 0 Å². The molecule has 1 N–H and O–H groups in total. The van der Waals surface area contributed by atoms with Gasteiger partial charge in [0.2, 0.25) is 0 Å². The van der Waals surface area contributed by atoms with E-state index in [4.69, 9.17) is 23.2 Å². The SMILES string of the molecule is CC(O)(c1ccc(F)cc1F)C(Cl)Cl. The van der Waals surface area contributed by atoms with Gasteiger partial charge in [-0.25, -0.2) is 8.78 Å². The molecule has 0 aliphatic rings. The van der Waals surface area contributed by atoms with Gasteiger partial charge >= 0.3 is 0 Å². The van der Waals surface area contributed by atoms with E-state index in [2.05, 4.69) is 0 Å². The van der Waals surface area contributed by atoms with E-state index >= 15 is 0 Å². The Morgan fingerprint density at radius 3 is 2.36 bits per heavy atom. The molecule has 14 heavy (non-hydrogen) atoms. The summed E-state index contributed by atoms with van der Waals surface area (Å²) < 4.78 is 25.7. The highest BCUT2D eigenvalue weighted by Gasteiger charge is 2.33. The van der Waals surface area contributed by atoms with Crippen molar-refractivity contribution in [1.82, 2.24) is 0 Å². The topological polar surface area (TPSA) is 20.2 Å². The maximum absolute atomic E-state index is 13.2. The Morgan fingerprint density at radius 2 is 1.93 bits per heavy atom. The zero-order valence-corrected chi connectivity index (χ0v) is 8.78. The highest BCUT2D eigenvalue weighted by molar-refractivity contribution is 6.45. The van der Waals surface area contributed by atoms with Crippen LogP contribution in [0.1, 0.15) is 12.5 Å². The van der Waals surface area contributed by atoms with Gasteiger partial charge in [-0.05, 0) is 13.0 Å². The largest absolute Gasteiger partial charge is 0.382 e. The van der Waals surface area contributed by atoms with Crippen LogP contribution in [0, 0.1) is 11.6 Å². The molecule has 1 unspecified atom stereocenters. The minimum atomic E-state index is -1.74. The summed E-state index contributed by atoms with van der Waals surface area (Å²) in [4.78, 5) is -1.19. The van der Waals surface area contributed by atoms with Crippen molar-refractivity contribution >= 4 is 23.2 Å². The van der Waals surface area contributed by atoms with Crippen molar-refractivity contribution in [2.45, 2.75) is 17.4 Å². The Balaban J connectivity index is 3.19. The van der Waals surface area contributed by atoms with Crippen molar-refractivity contribution in [2.24, 2.45) is 0 Å². The van der Waals surface area contributed by atoms with E-state index in [-0.39, 0.29) is 5.56 Å². The fourth-order valence-corrected chi connectivity index (χ4v) is 1.25. The summed E-state index contributed by atoms with van der Waals surface area (Å²) in [7, 11) is 0. The molecular weight excluding hydrogens is 233 g/mol. The number of hydrogen-bond donors (Lipinski definition) is 1. The quantitative estimate of drug-likeness (QED) is 0.789. The first kappa shape index (κ1) is 11.7. The first-order chi connectivity index (χ1) is 6.35. The van der Waals surface area contributed by atoms with Crippen molar-refractivity contribution in [3.05, 3.63) is 35.4 Å². The third-order valence-electron chi connectivity index (χ3n) is 1.90. The average Bonchev–Trinajstić information content (AvgIpc) is 2.02. The molecule has 0 amide bonds. The lowest BCUT2D eigenvalue weighted by Gasteiger charge is -2.25. The van der Waals surface area contributed by atoms with Crippen LogP contribution in [-0.2, 0) is 5.60 Å². The molecule has 0 aliphatic heterocycles. The molecule has 1 nitrogen and oxygen atoms in total. The molecule has 0 radical (unpaired) electrons. The van der Waals surface area contributed by atoms with Gasteiger partial charge in [0.25, 0.3) is 0 Å². The van der Waals surface area contributed by atoms with Crippen LogP contribution in [0.4, 0.5) is 8.78 Å². The summed E-state index contributed by atoms with van der Waals surface area (Å²) in [5, 5.41) is 9.71. The lowest BCUT2D eigenvalue weighted by atomic mass is 9.97. The number of aliphatic hydroxyl groups is 1. The predicted octanol–water partition coefficient (Wildman–Crippen LogP) is 2.98. The van der Waals surface area contributed by atoms with Gasteiger partial charge < -0.3 is 5.11 Å². The highest BCUT2D eigenvalue weighted by Crippen LogP contribution is 2.32. The van der Waals surface area contributed by atoms with Gasteiger partial charge in [-0.1, -0.05) is 6.07 Å². The van der Waals surface area contributed by atoms with Gasteiger partial charge in [0.15, 0.2) is 0 Å². The number of hydrogen-bond acceptors (Lipinski definition) is 1. The molecule has 1 rings (SSSR count). The molecule has 0 heterocycles. The van der Waals surface area contributed by atoms with Crippen LogP contribution < -0.4 is 0 Å². The first-order valence-corrected chi connectivity index (χ1v) is 4.69. The van der Waals surface area contributed by atoms with E-state index in [1.165, 1.54) is 6.92 Å². The van der Waals surface area contributed by atoms with Crippen molar-refractivity contribution in [3.8, 4) is 0 Å². The number of alkyl halides is 2. The van der Waals surface area contributed by atoms with E-state index in [0.717, 1.165) is 12.1 Å². The van der Waals surface area contributed by atoms with E-state index in [9.17, 15) is 13.9 Å². The van der Waals surface area contributed by atoms with Gasteiger partial charge in [-0.2, -0.15) is 0 Å². The Hall–Kier alpha value is -0.380. The Kier molecular flexibility index (Phi) is 3.35. The second-order valence-corrected chi connectivity index (χ2v) is 4.17. The number of rotatable bonds is 2. The summed E-state index contributed by atoms with van der Waals surface area (Å²) >= 11 is 10.9. The molecule has 0 spiro atoms. The summed E-state index contributed by atoms with van der Waals surface area (Å²) in [6, 6.07) is 2.81. The smallest absolute Gasteiger partial charge is 0.140 e. The fraction of sp³-hybridized carbons (Fsp3) is 0.333. The van der Waals surface area contributed by atoms with Gasteiger partial charge in [0.05, 0.1) is 0 Å². The molecule has 0 aromatic heterocycles. The summed E-state index contributed by atoms with van der Waals surface area (Å²) in [6.45, 7) is 1.26. The van der Waals surface area contributed by atoms with Crippen molar-refractivity contribution < 1.29 is 13.9 Å². The van der Waals surface area contributed by atoms with E-state index in [1.54, 1.807) is 0 Å². The van der Waals surface area contributed by atoms with Crippen LogP contribution in [0.15, 0.2) is 18.2 Å². The molecule has 5 heteroatoms. The van der Waals surface area contributed by atoms with Crippen LogP contribution in [0.2, 0.25) is 0 Å². The zero-order chi connectivity index (χ0) is 10.9. The molecule has 1 aromatic carbocycles. The molecular formula is C9H8Cl2F2O. The second-order valence-electron chi connectivity index (χ2n) is 3.07.